The van der Waals surface area contributed by atoms with Crippen LogP contribution in [-0.4, -0.2) is 176 Å². The molecule has 2 aromatic carbocycles. The van der Waals surface area contributed by atoms with E-state index in [-0.39, 0.29) is 31.2 Å². The van der Waals surface area contributed by atoms with Crippen molar-refractivity contribution in [3.63, 3.8) is 0 Å². The molecule has 0 aliphatic carbocycles. The lowest BCUT2D eigenvalue weighted by Crippen LogP contribution is -2.34. The van der Waals surface area contributed by atoms with Gasteiger partial charge >= 0.3 is 0 Å². The number of benzene rings is 2. The van der Waals surface area contributed by atoms with Crippen molar-refractivity contribution in [2.75, 3.05) is 119 Å². The number of azide groups is 1. The number of rotatable bonds is 36. The summed E-state index contributed by atoms with van der Waals surface area (Å²) in [6, 6.07) is 14.7. The van der Waals surface area contributed by atoms with Gasteiger partial charge in [0.2, 0.25) is 23.5 Å². The van der Waals surface area contributed by atoms with E-state index in [2.05, 4.69) is 66.3 Å². The predicted octanol–water partition coefficient (Wildman–Crippen LogP) is 2.74. The number of nitrogens with zero attached hydrogens (tertiary/aromatic N) is 12. The molecule has 0 saturated carbocycles. The number of carbonyl (C=O) groups excluding carboxylic acids is 2. The number of nitrogens with one attached hydrogen (secondary N) is 2. The van der Waals surface area contributed by atoms with E-state index in [1.54, 1.807) is 13.8 Å². The third-order valence-electron chi connectivity index (χ3n) is 8.95. The van der Waals surface area contributed by atoms with Gasteiger partial charge in [0.1, 0.15) is 11.5 Å². The van der Waals surface area contributed by atoms with Crippen LogP contribution in [0.1, 0.15) is 37.3 Å². The first-order chi connectivity index (χ1) is 31.9. The van der Waals surface area contributed by atoms with Crippen molar-refractivity contribution in [3.8, 4) is 34.3 Å². The van der Waals surface area contributed by atoms with Crippen molar-refractivity contribution in [2.24, 2.45) is 5.11 Å². The van der Waals surface area contributed by atoms with Crippen LogP contribution in [0.5, 0.6) is 11.5 Å². The van der Waals surface area contributed by atoms with Crippen LogP contribution < -0.4 is 20.1 Å². The molecular formula is C42H60N14O9. The van der Waals surface area contributed by atoms with Crippen LogP contribution in [0, 0.1) is 13.8 Å². The maximum Gasteiger partial charge on any atom is 0.222 e. The van der Waals surface area contributed by atoms with E-state index in [0.29, 0.717) is 160 Å². The second-order valence-corrected chi connectivity index (χ2v) is 14.1. The van der Waals surface area contributed by atoms with Crippen molar-refractivity contribution < 1.29 is 42.7 Å². The summed E-state index contributed by atoms with van der Waals surface area (Å²) < 4.78 is 39.8. The summed E-state index contributed by atoms with van der Waals surface area (Å²) in [5, 5.41) is 41.1. The van der Waals surface area contributed by atoms with Gasteiger partial charge in [0.05, 0.1) is 79.3 Å². The van der Waals surface area contributed by atoms with Gasteiger partial charge in [0, 0.05) is 68.1 Å². The van der Waals surface area contributed by atoms with Gasteiger partial charge < -0.3 is 43.8 Å². The molecule has 0 radical (unpaired) electrons. The Bertz CT molecular complexity index is 1820. The van der Waals surface area contributed by atoms with E-state index in [4.69, 9.17) is 38.7 Å². The Balaban J connectivity index is 0.944. The standard InChI is InChI=1S/C42H60N14O9/c1-33-47-51-41(52-48-33)35-5-9-37(10-6-35)64-21-3-15-44-39(57)13-23-59-29-31-62-27-19-56(18-26-61-25-17-46-55-43)20-28-63-32-30-60-24-14-40(58)45-16-4-22-65-38-11-7-36(8-12-38)42-53-49-34(2)50-54-42/h5-12H,3-4,13-32H2,1-2H3,(H,44,57)(H,45,58). The van der Waals surface area contributed by atoms with E-state index in [9.17, 15) is 9.59 Å². The average Bonchev–Trinajstić information content (AvgIpc) is 3.32. The molecule has 2 aromatic heterocycles. The van der Waals surface area contributed by atoms with Crippen LogP contribution in [0.15, 0.2) is 53.6 Å². The fourth-order valence-corrected chi connectivity index (χ4v) is 5.49. The quantitative estimate of drug-likeness (QED) is 0.0287. The van der Waals surface area contributed by atoms with Gasteiger partial charge in [-0.15, -0.1) is 40.8 Å². The Morgan fingerprint density at radius 2 is 0.923 bits per heavy atom. The minimum atomic E-state index is -0.0922. The molecule has 0 fully saturated rings. The van der Waals surface area contributed by atoms with Gasteiger partial charge in [0.25, 0.3) is 0 Å². The van der Waals surface area contributed by atoms with E-state index >= 15 is 0 Å². The summed E-state index contributed by atoms with van der Waals surface area (Å²) in [7, 11) is 0. The summed E-state index contributed by atoms with van der Waals surface area (Å²) in [6.45, 7) is 11.4. The van der Waals surface area contributed by atoms with Crippen LogP contribution >= 0.6 is 0 Å². The highest BCUT2D eigenvalue weighted by Gasteiger charge is 2.09. The Hall–Kier alpha value is -6.07. The number of carbonyl (C=O) groups is 2. The lowest BCUT2D eigenvalue weighted by Gasteiger charge is -2.22. The van der Waals surface area contributed by atoms with E-state index in [1.807, 2.05) is 48.5 Å². The lowest BCUT2D eigenvalue weighted by atomic mass is 10.2. The number of aromatic nitrogens is 8. The molecule has 0 aliphatic heterocycles. The Kier molecular flexibility index (Phi) is 25.8. The summed E-state index contributed by atoms with van der Waals surface area (Å²) in [6.07, 6.45) is 1.81. The summed E-state index contributed by atoms with van der Waals surface area (Å²) in [4.78, 5) is 29.3. The molecule has 0 saturated heterocycles. The van der Waals surface area contributed by atoms with Crippen molar-refractivity contribution >= 4 is 11.8 Å². The molecule has 0 unspecified atom stereocenters. The molecule has 2 N–H and O–H groups in total. The van der Waals surface area contributed by atoms with Crippen molar-refractivity contribution in [3.05, 3.63) is 70.6 Å². The maximum absolute atomic E-state index is 12.2. The fraction of sp³-hybridized carbons (Fsp3) is 0.571. The van der Waals surface area contributed by atoms with Gasteiger partial charge in [-0.1, -0.05) is 5.11 Å². The number of ether oxygens (including phenoxy) is 7. The average molecular weight is 905 g/mol. The van der Waals surface area contributed by atoms with Crippen LogP contribution in [0.3, 0.4) is 0 Å². The molecule has 23 heteroatoms. The zero-order valence-electron chi connectivity index (χ0n) is 37.2. The van der Waals surface area contributed by atoms with Crippen molar-refractivity contribution in [1.82, 2.24) is 56.3 Å². The number of amides is 2. The van der Waals surface area contributed by atoms with Gasteiger partial charge in [0.15, 0.2) is 11.6 Å². The second kappa shape index (κ2) is 32.6. The number of hydrogen-bond acceptors (Lipinski definition) is 19. The van der Waals surface area contributed by atoms with Gasteiger partial charge in [-0.25, -0.2) is 0 Å². The third kappa shape index (κ3) is 23.4. The van der Waals surface area contributed by atoms with E-state index < -0.39 is 0 Å². The van der Waals surface area contributed by atoms with E-state index in [0.717, 1.165) is 11.1 Å². The zero-order valence-corrected chi connectivity index (χ0v) is 37.2. The first kappa shape index (κ1) is 51.6. The SMILES string of the molecule is Cc1nnc(-c2ccc(OCCCNC(=O)CCOCCOCCN(CCOCCN=[N+]=[N-])CCOCCOCCC(=O)NCCCOc3ccc(-c4nnc(C)nn4)cc3)cc2)nn1. The number of hydrogen-bond donors (Lipinski definition) is 2. The molecule has 65 heavy (non-hydrogen) atoms. The highest BCUT2D eigenvalue weighted by molar-refractivity contribution is 5.76. The van der Waals surface area contributed by atoms with Crippen LogP contribution in [0.4, 0.5) is 0 Å². The van der Waals surface area contributed by atoms with Gasteiger partial charge in [-0.2, -0.15) is 0 Å². The Morgan fingerprint density at radius 1 is 0.538 bits per heavy atom. The minimum absolute atomic E-state index is 0.0922. The highest BCUT2D eigenvalue weighted by atomic mass is 16.5. The fourth-order valence-electron chi connectivity index (χ4n) is 5.49. The van der Waals surface area contributed by atoms with Crippen LogP contribution in [0.25, 0.3) is 33.2 Å². The van der Waals surface area contributed by atoms with Crippen LogP contribution in [-0.2, 0) is 33.3 Å². The third-order valence-corrected chi connectivity index (χ3v) is 8.95. The molecule has 0 bridgehead atoms. The molecule has 23 nitrogen and oxygen atoms in total. The molecule has 4 aromatic rings. The van der Waals surface area contributed by atoms with Crippen LogP contribution in [0.2, 0.25) is 0 Å². The largest absolute Gasteiger partial charge is 0.494 e. The van der Waals surface area contributed by atoms with Gasteiger partial charge in [-0.3, -0.25) is 14.5 Å². The smallest absolute Gasteiger partial charge is 0.222 e. The first-order valence-corrected chi connectivity index (χ1v) is 21.6. The molecule has 2 amide bonds. The first-order valence-electron chi connectivity index (χ1n) is 21.6. The molecule has 0 spiro atoms. The summed E-state index contributed by atoms with van der Waals surface area (Å²) in [5.74, 6) is 3.13. The molecule has 2 heterocycles. The minimum Gasteiger partial charge on any atom is -0.494 e. The van der Waals surface area contributed by atoms with Gasteiger partial charge in [-0.05, 0) is 80.8 Å². The normalized spacial score (nSPS) is 11.0. The summed E-state index contributed by atoms with van der Waals surface area (Å²) >= 11 is 0. The predicted molar refractivity (Wildman–Crippen MR) is 236 cm³/mol. The van der Waals surface area contributed by atoms with Crippen molar-refractivity contribution in [2.45, 2.75) is 39.5 Å². The number of aryl methyl sites for hydroxylation is 2. The summed E-state index contributed by atoms with van der Waals surface area (Å²) in [5.41, 5.74) is 10.0. The maximum atomic E-state index is 12.2. The topological polar surface area (TPSA) is 278 Å². The van der Waals surface area contributed by atoms with E-state index in [1.165, 1.54) is 0 Å². The lowest BCUT2D eigenvalue weighted by molar-refractivity contribution is -0.123. The molecule has 4 rings (SSSR count). The molecular weight excluding hydrogens is 845 g/mol. The Morgan fingerprint density at radius 3 is 1.32 bits per heavy atom. The highest BCUT2D eigenvalue weighted by Crippen LogP contribution is 2.19. The molecule has 0 atom stereocenters. The molecule has 352 valence electrons. The zero-order chi connectivity index (χ0) is 46.0. The molecule has 0 aliphatic rings. The second-order valence-electron chi connectivity index (χ2n) is 14.1. The Labute approximate surface area is 378 Å². The monoisotopic (exact) mass is 904 g/mol. The van der Waals surface area contributed by atoms with Crippen molar-refractivity contribution in [1.29, 1.82) is 0 Å².